The number of carbonyl (C=O) groups excluding carboxylic acids is 2. The number of amides is 2. The highest BCUT2D eigenvalue weighted by Crippen LogP contribution is 2.52. The number of hydrogen-bond donors (Lipinski definition) is 1. The normalized spacial score (nSPS) is 17.9. The molecule has 0 aromatic heterocycles. The van der Waals surface area contributed by atoms with E-state index >= 15 is 0 Å². The van der Waals surface area contributed by atoms with Gasteiger partial charge in [-0.3, -0.25) is 4.79 Å². The summed E-state index contributed by atoms with van der Waals surface area (Å²) in [6.07, 6.45) is 1.35. The van der Waals surface area contributed by atoms with Crippen LogP contribution in [-0.4, -0.2) is 70.9 Å². The predicted molar refractivity (Wildman–Crippen MR) is 209 cm³/mol. The van der Waals surface area contributed by atoms with Gasteiger partial charge < -0.3 is 19.9 Å². The van der Waals surface area contributed by atoms with Crippen LogP contribution in [0.2, 0.25) is 0 Å². The Kier molecular flexibility index (Phi) is 14.0. The first-order valence-electron chi connectivity index (χ1n) is 18.6. The van der Waals surface area contributed by atoms with E-state index < -0.39 is 10.3 Å². The molecule has 0 radical (unpaired) electrons. The van der Waals surface area contributed by atoms with Crippen molar-refractivity contribution in [1.29, 1.82) is 0 Å². The van der Waals surface area contributed by atoms with Gasteiger partial charge in [0, 0.05) is 37.5 Å². The predicted octanol–water partition coefficient (Wildman–Crippen LogP) is 9.23. The molecule has 4 atom stereocenters. The highest BCUT2D eigenvalue weighted by Gasteiger charge is 2.45. The maximum atomic E-state index is 14.2. The fraction of sp³-hybridized carbons (Fsp3) is 0.535. The molecule has 1 fully saturated rings. The zero-order valence-corrected chi connectivity index (χ0v) is 32.7. The maximum Gasteiger partial charge on any atom is 0.410 e. The molecule has 0 bridgehead atoms. The maximum absolute atomic E-state index is 14.2. The number of benzene rings is 3. The van der Waals surface area contributed by atoms with Crippen molar-refractivity contribution in [1.82, 2.24) is 15.1 Å². The summed E-state index contributed by atoms with van der Waals surface area (Å²) in [4.78, 5) is 32.1. The summed E-state index contributed by atoms with van der Waals surface area (Å²) < 4.78 is 5.51. The van der Waals surface area contributed by atoms with Crippen molar-refractivity contribution in [3.05, 3.63) is 108 Å². The van der Waals surface area contributed by atoms with Gasteiger partial charge in [-0.05, 0) is 61.6 Å². The average Bonchev–Trinajstić information content (AvgIpc) is 3.49. The Hall–Kier alpha value is -3.29. The number of hydrogen-bond acceptors (Lipinski definition) is 5. The first-order valence-corrected chi connectivity index (χ1v) is 19.5. The molecule has 3 aromatic carbocycles. The van der Waals surface area contributed by atoms with Crippen LogP contribution >= 0.6 is 11.8 Å². The van der Waals surface area contributed by atoms with Crippen molar-refractivity contribution in [2.24, 2.45) is 17.8 Å². The van der Waals surface area contributed by atoms with Gasteiger partial charge in [0.1, 0.15) is 5.60 Å². The third-order valence-corrected chi connectivity index (χ3v) is 11.2. The zero-order chi connectivity index (χ0) is 36.5. The van der Waals surface area contributed by atoms with Crippen LogP contribution in [0, 0.1) is 17.8 Å². The van der Waals surface area contributed by atoms with Crippen LogP contribution in [0.25, 0.3) is 0 Å². The molecule has 0 spiro atoms. The second kappa shape index (κ2) is 17.8. The molecule has 1 aliphatic heterocycles. The molecule has 0 aliphatic carbocycles. The van der Waals surface area contributed by atoms with Gasteiger partial charge in [0.2, 0.25) is 5.91 Å². The van der Waals surface area contributed by atoms with Crippen LogP contribution in [0.15, 0.2) is 91.0 Å². The highest BCUT2D eigenvalue weighted by molar-refractivity contribution is 8.01. The van der Waals surface area contributed by atoms with E-state index in [2.05, 4.69) is 138 Å². The molecule has 1 aliphatic rings. The van der Waals surface area contributed by atoms with Crippen LogP contribution in [0.5, 0.6) is 0 Å². The second-order valence-corrected chi connectivity index (χ2v) is 17.4. The minimum absolute atomic E-state index is 0.103. The van der Waals surface area contributed by atoms with E-state index in [0.29, 0.717) is 24.9 Å². The summed E-state index contributed by atoms with van der Waals surface area (Å²) in [6.45, 7) is 21.3. The van der Waals surface area contributed by atoms with Gasteiger partial charge in [0.15, 0.2) is 0 Å². The lowest BCUT2D eigenvalue weighted by molar-refractivity contribution is -0.136. The summed E-state index contributed by atoms with van der Waals surface area (Å²) in [6, 6.07) is 31.7. The molecular weight excluding hydrogens is 639 g/mol. The molecule has 0 unspecified atom stereocenters. The van der Waals surface area contributed by atoms with Gasteiger partial charge in [0.05, 0.1) is 10.8 Å². The third kappa shape index (κ3) is 10.2. The first kappa shape index (κ1) is 39.5. The molecule has 2 amide bonds. The van der Waals surface area contributed by atoms with Crippen LogP contribution in [-0.2, 0) is 14.3 Å². The standard InChI is InChI=1S/C43H61N3O3S/c1-10-33(6)39(40(47)45(28-31(2)3)29-32(4)5)44-27-37-26-38(30-46(37)41(48)49-42(7,8)9)50-43(34-20-14-11-15-21-34,35-22-16-12-17-23-35)36-24-18-13-19-25-36/h11-25,31-33,37-39,44H,10,26-30H2,1-9H3/t33-,37+,38+,39-/m0/s1. The molecule has 50 heavy (non-hydrogen) atoms. The number of carbonyl (C=O) groups is 2. The number of ether oxygens (including phenoxy) is 1. The van der Waals surface area contributed by atoms with Crippen LogP contribution in [0.3, 0.4) is 0 Å². The summed E-state index contributed by atoms with van der Waals surface area (Å²) in [5, 5.41) is 3.82. The molecule has 1 saturated heterocycles. The van der Waals surface area contributed by atoms with Crippen molar-refractivity contribution in [2.45, 2.75) is 103 Å². The molecule has 1 heterocycles. The molecule has 272 valence electrons. The highest BCUT2D eigenvalue weighted by atomic mass is 32.2. The Morgan fingerprint density at radius 3 is 1.68 bits per heavy atom. The lowest BCUT2D eigenvalue weighted by Gasteiger charge is -2.37. The van der Waals surface area contributed by atoms with E-state index in [0.717, 1.165) is 25.9 Å². The molecule has 4 rings (SSSR count). The van der Waals surface area contributed by atoms with Gasteiger partial charge in [-0.25, -0.2) is 4.79 Å². The summed E-state index contributed by atoms with van der Waals surface area (Å²) >= 11 is 1.92. The monoisotopic (exact) mass is 699 g/mol. The topological polar surface area (TPSA) is 61.9 Å². The molecule has 3 aromatic rings. The largest absolute Gasteiger partial charge is 0.444 e. The average molecular weight is 700 g/mol. The Morgan fingerprint density at radius 2 is 1.28 bits per heavy atom. The Labute approximate surface area is 306 Å². The van der Waals surface area contributed by atoms with Crippen LogP contribution in [0.4, 0.5) is 4.79 Å². The van der Waals surface area contributed by atoms with E-state index in [1.165, 1.54) is 16.7 Å². The summed E-state index contributed by atoms with van der Waals surface area (Å²) in [7, 11) is 0. The minimum Gasteiger partial charge on any atom is -0.444 e. The van der Waals surface area contributed by atoms with Crippen molar-refractivity contribution >= 4 is 23.8 Å². The fourth-order valence-electron chi connectivity index (χ4n) is 7.03. The van der Waals surface area contributed by atoms with Crippen LogP contribution in [0.1, 0.15) is 91.8 Å². The van der Waals surface area contributed by atoms with Gasteiger partial charge >= 0.3 is 6.09 Å². The van der Waals surface area contributed by atoms with Crippen molar-refractivity contribution in [3.63, 3.8) is 0 Å². The molecule has 7 heteroatoms. The van der Waals surface area contributed by atoms with Crippen LogP contribution < -0.4 is 5.32 Å². The molecular formula is C43H61N3O3S. The van der Waals surface area contributed by atoms with Gasteiger partial charge in [-0.2, -0.15) is 0 Å². The number of likely N-dealkylation sites (tertiary alicyclic amines) is 1. The van der Waals surface area contributed by atoms with E-state index in [1.54, 1.807) is 0 Å². The number of nitrogens with one attached hydrogen (secondary N) is 1. The van der Waals surface area contributed by atoms with Crippen molar-refractivity contribution in [2.75, 3.05) is 26.2 Å². The Balaban J connectivity index is 1.70. The quantitative estimate of drug-likeness (QED) is 0.160. The van der Waals surface area contributed by atoms with E-state index in [4.69, 9.17) is 4.74 Å². The Bertz CT molecular complexity index is 1370. The Morgan fingerprint density at radius 1 is 0.820 bits per heavy atom. The van der Waals surface area contributed by atoms with Crippen molar-refractivity contribution in [3.8, 4) is 0 Å². The number of rotatable bonds is 15. The lowest BCUT2D eigenvalue weighted by atomic mass is 9.84. The second-order valence-electron chi connectivity index (χ2n) is 15.8. The summed E-state index contributed by atoms with van der Waals surface area (Å²) in [5.74, 6) is 1.06. The first-order chi connectivity index (χ1) is 23.7. The van der Waals surface area contributed by atoms with Gasteiger partial charge in [-0.15, -0.1) is 11.8 Å². The SMILES string of the molecule is CC[C@H](C)[C@H](NC[C@H]1C[C@@H](SC(c2ccccc2)(c2ccccc2)c2ccccc2)CN1C(=O)OC(C)(C)C)C(=O)N(CC(C)C)CC(C)C. The molecule has 1 N–H and O–H groups in total. The van der Waals surface area contributed by atoms with Gasteiger partial charge in [-0.1, -0.05) is 139 Å². The zero-order valence-electron chi connectivity index (χ0n) is 31.9. The number of nitrogens with zero attached hydrogens (tertiary/aromatic N) is 2. The number of thioether (sulfide) groups is 1. The third-order valence-electron chi connectivity index (χ3n) is 9.42. The summed E-state index contributed by atoms with van der Waals surface area (Å²) in [5.41, 5.74) is 2.98. The van der Waals surface area contributed by atoms with E-state index in [1.807, 2.05) is 42.3 Å². The minimum atomic E-state index is -0.619. The van der Waals surface area contributed by atoms with Gasteiger partial charge in [0.25, 0.3) is 0 Å². The van der Waals surface area contributed by atoms with E-state index in [-0.39, 0.29) is 35.3 Å². The van der Waals surface area contributed by atoms with Crippen molar-refractivity contribution < 1.29 is 14.3 Å². The smallest absolute Gasteiger partial charge is 0.410 e. The van der Waals surface area contributed by atoms with E-state index in [9.17, 15) is 9.59 Å². The fourth-order valence-corrected chi connectivity index (χ4v) is 8.90. The molecule has 0 saturated carbocycles. The lowest BCUT2D eigenvalue weighted by Crippen LogP contribution is -2.54. The molecule has 6 nitrogen and oxygen atoms in total.